The van der Waals surface area contributed by atoms with E-state index in [0.717, 1.165) is 16.4 Å². The summed E-state index contributed by atoms with van der Waals surface area (Å²) in [6, 6.07) is 2.59. The van der Waals surface area contributed by atoms with Gasteiger partial charge >= 0.3 is 6.18 Å². The number of halogens is 4. The number of rotatable bonds is 5. The van der Waals surface area contributed by atoms with Crippen molar-refractivity contribution in [2.75, 3.05) is 20.1 Å². The second-order valence-electron chi connectivity index (χ2n) is 5.77. The van der Waals surface area contributed by atoms with Crippen LogP contribution in [0.3, 0.4) is 0 Å². The van der Waals surface area contributed by atoms with Crippen molar-refractivity contribution in [1.82, 2.24) is 4.31 Å². The average Bonchev–Trinajstić information content (AvgIpc) is 2.36. The Morgan fingerprint density at radius 1 is 1.27 bits per heavy atom. The number of hydrogen-bond acceptors (Lipinski definition) is 3. The number of nitrogens with zero attached hydrogens (tertiary/aromatic N) is 1. The topological polar surface area (TPSA) is 63.4 Å². The normalized spacial score (nSPS) is 13.7. The second-order valence-corrected chi connectivity index (χ2v) is 8.22. The van der Waals surface area contributed by atoms with Crippen LogP contribution in [0.25, 0.3) is 0 Å². The van der Waals surface area contributed by atoms with Crippen molar-refractivity contribution in [2.24, 2.45) is 11.1 Å². The van der Waals surface area contributed by atoms with E-state index in [9.17, 15) is 21.6 Å². The van der Waals surface area contributed by atoms with Gasteiger partial charge in [0.2, 0.25) is 10.0 Å². The Balaban J connectivity index is 3.35. The minimum atomic E-state index is -4.82. The quantitative estimate of drug-likeness (QED) is 0.880. The van der Waals surface area contributed by atoms with Crippen LogP contribution in [0.1, 0.15) is 19.4 Å². The summed E-state index contributed by atoms with van der Waals surface area (Å²) in [5.41, 5.74) is 3.69. The summed E-state index contributed by atoms with van der Waals surface area (Å²) >= 11 is 5.56. The van der Waals surface area contributed by atoms with Gasteiger partial charge in [-0.05, 0) is 30.2 Å². The van der Waals surface area contributed by atoms with Crippen molar-refractivity contribution >= 4 is 21.6 Å². The first kappa shape index (κ1) is 19.2. The number of hydrogen-bond donors (Lipinski definition) is 1. The molecule has 126 valence electrons. The summed E-state index contributed by atoms with van der Waals surface area (Å²) in [4.78, 5) is -0.820. The molecule has 0 saturated carbocycles. The van der Waals surface area contributed by atoms with Crippen molar-refractivity contribution in [3.8, 4) is 0 Å². The first-order valence-electron chi connectivity index (χ1n) is 6.34. The summed E-state index contributed by atoms with van der Waals surface area (Å²) in [5, 5.41) is -0.184. The van der Waals surface area contributed by atoms with Crippen molar-refractivity contribution < 1.29 is 21.6 Å². The highest BCUT2D eigenvalue weighted by Crippen LogP contribution is 2.37. The van der Waals surface area contributed by atoms with E-state index in [1.165, 1.54) is 7.05 Å². The molecule has 0 aromatic heterocycles. The zero-order chi connectivity index (χ0) is 17.3. The summed E-state index contributed by atoms with van der Waals surface area (Å²) in [7, 11) is -3.09. The maximum Gasteiger partial charge on any atom is 0.417 e. The predicted octanol–water partition coefficient (Wildman–Crippen LogP) is 2.96. The third-order valence-corrected chi connectivity index (χ3v) is 5.24. The molecule has 0 radical (unpaired) electrons. The van der Waals surface area contributed by atoms with E-state index in [1.54, 1.807) is 13.8 Å². The molecule has 0 heterocycles. The fraction of sp³-hybridized carbons (Fsp3) is 0.538. The van der Waals surface area contributed by atoms with Crippen LogP contribution in [-0.2, 0) is 16.2 Å². The fourth-order valence-corrected chi connectivity index (χ4v) is 3.59. The smallest absolute Gasteiger partial charge is 0.330 e. The Hall–Kier alpha value is -0.830. The molecule has 0 saturated heterocycles. The number of sulfonamides is 1. The van der Waals surface area contributed by atoms with Gasteiger partial charge < -0.3 is 5.73 Å². The molecule has 0 atom stereocenters. The summed E-state index contributed by atoms with van der Waals surface area (Å²) in [5.74, 6) is 0. The molecule has 0 aliphatic carbocycles. The van der Waals surface area contributed by atoms with Gasteiger partial charge in [0.15, 0.2) is 0 Å². The van der Waals surface area contributed by atoms with Crippen molar-refractivity contribution in [3.63, 3.8) is 0 Å². The first-order chi connectivity index (χ1) is 9.81. The van der Waals surface area contributed by atoms with Gasteiger partial charge in [-0.1, -0.05) is 25.4 Å². The van der Waals surface area contributed by atoms with E-state index in [1.807, 2.05) is 0 Å². The number of alkyl halides is 3. The Morgan fingerprint density at radius 2 is 1.82 bits per heavy atom. The van der Waals surface area contributed by atoms with E-state index in [-0.39, 0.29) is 18.1 Å². The monoisotopic (exact) mass is 358 g/mol. The standard InChI is InChI=1S/C13H18ClF3N2O2S/c1-12(2,7-18)8-19(3)22(20,21)11-5-4-9(14)6-10(11)13(15,16)17/h4-6H,7-8,18H2,1-3H3. The van der Waals surface area contributed by atoms with E-state index in [2.05, 4.69) is 0 Å². The van der Waals surface area contributed by atoms with Crippen LogP contribution in [0.2, 0.25) is 5.02 Å². The third kappa shape index (κ3) is 4.34. The molecule has 0 aliphatic rings. The largest absolute Gasteiger partial charge is 0.417 e. The molecule has 22 heavy (non-hydrogen) atoms. The zero-order valence-electron chi connectivity index (χ0n) is 12.4. The zero-order valence-corrected chi connectivity index (χ0v) is 14.0. The lowest BCUT2D eigenvalue weighted by Gasteiger charge is -2.29. The van der Waals surface area contributed by atoms with Crippen LogP contribution in [-0.4, -0.2) is 32.9 Å². The summed E-state index contributed by atoms with van der Waals surface area (Å²) < 4.78 is 65.0. The van der Waals surface area contributed by atoms with E-state index in [0.29, 0.717) is 6.07 Å². The van der Waals surface area contributed by atoms with Crippen LogP contribution >= 0.6 is 11.6 Å². The average molecular weight is 359 g/mol. The minimum absolute atomic E-state index is 0.00818. The van der Waals surface area contributed by atoms with Gasteiger partial charge in [0.05, 0.1) is 10.5 Å². The molecule has 0 spiro atoms. The van der Waals surface area contributed by atoms with Gasteiger partial charge in [0.1, 0.15) is 0 Å². The Morgan fingerprint density at radius 3 is 2.27 bits per heavy atom. The Kier molecular flexibility index (Phi) is 5.55. The lowest BCUT2D eigenvalue weighted by Crippen LogP contribution is -2.40. The second kappa shape index (κ2) is 6.35. The van der Waals surface area contributed by atoms with Crippen molar-refractivity contribution in [3.05, 3.63) is 28.8 Å². The molecule has 0 aliphatic heterocycles. The molecule has 0 unspecified atom stereocenters. The van der Waals surface area contributed by atoms with E-state index >= 15 is 0 Å². The van der Waals surface area contributed by atoms with Gasteiger partial charge in [-0.2, -0.15) is 13.2 Å². The van der Waals surface area contributed by atoms with Crippen molar-refractivity contribution in [1.29, 1.82) is 0 Å². The van der Waals surface area contributed by atoms with Crippen LogP contribution in [0.5, 0.6) is 0 Å². The molecule has 1 aromatic carbocycles. The third-order valence-electron chi connectivity index (χ3n) is 3.14. The molecule has 1 aromatic rings. The van der Waals surface area contributed by atoms with Gasteiger partial charge in [-0.15, -0.1) is 0 Å². The summed E-state index contributed by atoms with van der Waals surface area (Å²) in [6.07, 6.45) is -4.82. The van der Waals surface area contributed by atoms with Gasteiger partial charge in [0.25, 0.3) is 0 Å². The molecule has 0 bridgehead atoms. The number of benzene rings is 1. The molecular formula is C13H18ClF3N2O2S. The Labute approximate surface area is 133 Å². The molecule has 2 N–H and O–H groups in total. The fourth-order valence-electron chi connectivity index (χ4n) is 1.87. The molecule has 1 rings (SSSR count). The molecule has 9 heteroatoms. The predicted molar refractivity (Wildman–Crippen MR) is 79.1 cm³/mol. The summed E-state index contributed by atoms with van der Waals surface area (Å²) in [6.45, 7) is 3.64. The lowest BCUT2D eigenvalue weighted by molar-refractivity contribution is -0.139. The lowest BCUT2D eigenvalue weighted by atomic mass is 9.94. The van der Waals surface area contributed by atoms with Crippen molar-refractivity contribution in [2.45, 2.75) is 24.9 Å². The van der Waals surface area contributed by atoms with E-state index < -0.39 is 32.1 Å². The minimum Gasteiger partial charge on any atom is -0.330 e. The van der Waals surface area contributed by atoms with Crippen LogP contribution < -0.4 is 5.73 Å². The maximum absolute atomic E-state index is 13.1. The van der Waals surface area contributed by atoms with Crippen LogP contribution in [0.4, 0.5) is 13.2 Å². The number of nitrogens with two attached hydrogens (primary N) is 1. The highest BCUT2D eigenvalue weighted by molar-refractivity contribution is 7.89. The molecular weight excluding hydrogens is 341 g/mol. The molecule has 0 amide bonds. The highest BCUT2D eigenvalue weighted by Gasteiger charge is 2.39. The van der Waals surface area contributed by atoms with Gasteiger partial charge in [-0.3, -0.25) is 0 Å². The van der Waals surface area contributed by atoms with Crippen LogP contribution in [0, 0.1) is 5.41 Å². The van der Waals surface area contributed by atoms with Gasteiger partial charge in [0, 0.05) is 18.6 Å². The van der Waals surface area contributed by atoms with Crippen LogP contribution in [0.15, 0.2) is 23.1 Å². The van der Waals surface area contributed by atoms with E-state index in [4.69, 9.17) is 17.3 Å². The Bertz CT molecular complexity index is 645. The highest BCUT2D eigenvalue weighted by atomic mass is 35.5. The first-order valence-corrected chi connectivity index (χ1v) is 8.16. The molecule has 4 nitrogen and oxygen atoms in total. The molecule has 0 fully saturated rings. The maximum atomic E-state index is 13.1. The SMILES string of the molecule is CN(CC(C)(C)CN)S(=O)(=O)c1ccc(Cl)cc1C(F)(F)F. The van der Waals surface area contributed by atoms with Gasteiger partial charge in [-0.25, -0.2) is 12.7 Å².